The van der Waals surface area contributed by atoms with E-state index in [0.717, 1.165) is 25.7 Å². The smallest absolute Gasteiger partial charge is 0.488 e. The Morgan fingerprint density at radius 1 is 1.24 bits per heavy atom. The molecule has 0 saturated heterocycles. The van der Waals surface area contributed by atoms with Gasteiger partial charge in [0.1, 0.15) is 5.75 Å². The van der Waals surface area contributed by atoms with Crippen molar-refractivity contribution in [3.8, 4) is 5.75 Å². The van der Waals surface area contributed by atoms with Crippen LogP contribution < -0.4 is 10.2 Å². The highest BCUT2D eigenvalue weighted by Gasteiger charge is 2.10. The van der Waals surface area contributed by atoms with Gasteiger partial charge in [-0.15, -0.1) is 6.58 Å². The summed E-state index contributed by atoms with van der Waals surface area (Å²) in [6.45, 7) is 4.33. The SMILES string of the molecule is C=CCCCCCOc1cccc(B(O)O)c1. The Bertz CT molecular complexity index is 339. The van der Waals surface area contributed by atoms with Crippen molar-refractivity contribution in [2.45, 2.75) is 25.7 Å². The number of hydrogen-bond acceptors (Lipinski definition) is 3. The normalized spacial score (nSPS) is 10.0. The summed E-state index contributed by atoms with van der Waals surface area (Å²) < 4.78 is 5.53. The van der Waals surface area contributed by atoms with Gasteiger partial charge in [-0.3, -0.25) is 0 Å². The van der Waals surface area contributed by atoms with Crippen LogP contribution in [0.5, 0.6) is 5.75 Å². The summed E-state index contributed by atoms with van der Waals surface area (Å²) in [5, 5.41) is 18.0. The van der Waals surface area contributed by atoms with Gasteiger partial charge in [-0.2, -0.15) is 0 Å². The number of ether oxygens (including phenoxy) is 1. The molecule has 0 heterocycles. The van der Waals surface area contributed by atoms with E-state index in [1.807, 2.05) is 12.1 Å². The second-order valence-electron chi connectivity index (χ2n) is 3.93. The lowest BCUT2D eigenvalue weighted by atomic mass is 9.80. The zero-order valence-electron chi connectivity index (χ0n) is 10.0. The average Bonchev–Trinajstić information content (AvgIpc) is 2.34. The lowest BCUT2D eigenvalue weighted by Gasteiger charge is -2.07. The topological polar surface area (TPSA) is 49.7 Å². The fraction of sp³-hybridized carbons (Fsp3) is 0.385. The van der Waals surface area contributed by atoms with Crippen LogP contribution in [0.1, 0.15) is 25.7 Å². The molecule has 0 aliphatic heterocycles. The van der Waals surface area contributed by atoms with E-state index in [1.54, 1.807) is 18.2 Å². The second-order valence-corrected chi connectivity index (χ2v) is 3.93. The van der Waals surface area contributed by atoms with Crippen molar-refractivity contribution in [1.29, 1.82) is 0 Å². The molecule has 92 valence electrons. The van der Waals surface area contributed by atoms with Gasteiger partial charge in [0, 0.05) is 0 Å². The van der Waals surface area contributed by atoms with Crippen LogP contribution in [0.15, 0.2) is 36.9 Å². The summed E-state index contributed by atoms with van der Waals surface area (Å²) in [5.74, 6) is 0.680. The van der Waals surface area contributed by atoms with Gasteiger partial charge in [0.05, 0.1) is 6.61 Å². The molecule has 2 N–H and O–H groups in total. The van der Waals surface area contributed by atoms with E-state index in [2.05, 4.69) is 6.58 Å². The molecule has 0 aromatic heterocycles. The second kappa shape index (κ2) is 7.93. The van der Waals surface area contributed by atoms with E-state index >= 15 is 0 Å². The van der Waals surface area contributed by atoms with Gasteiger partial charge < -0.3 is 14.8 Å². The standard InChI is InChI=1S/C13H19BO3/c1-2-3-4-5-6-10-17-13-9-7-8-12(11-13)14(15)16/h2,7-9,11,15-16H,1,3-6,10H2. The minimum Gasteiger partial charge on any atom is -0.494 e. The predicted octanol–water partition coefficient (Wildman–Crippen LogP) is 1.49. The van der Waals surface area contributed by atoms with Crippen LogP contribution in [0.25, 0.3) is 0 Å². The first-order chi connectivity index (χ1) is 8.24. The monoisotopic (exact) mass is 234 g/mol. The van der Waals surface area contributed by atoms with Crippen molar-refractivity contribution in [2.24, 2.45) is 0 Å². The van der Waals surface area contributed by atoms with Crippen molar-refractivity contribution in [3.63, 3.8) is 0 Å². The molecule has 0 unspecified atom stereocenters. The average molecular weight is 234 g/mol. The van der Waals surface area contributed by atoms with Gasteiger partial charge in [0.25, 0.3) is 0 Å². The van der Waals surface area contributed by atoms with Crippen molar-refractivity contribution in [3.05, 3.63) is 36.9 Å². The largest absolute Gasteiger partial charge is 0.494 e. The lowest BCUT2D eigenvalue weighted by Crippen LogP contribution is -2.29. The minimum absolute atomic E-state index is 0.453. The number of benzene rings is 1. The van der Waals surface area contributed by atoms with Crippen molar-refractivity contribution in [2.75, 3.05) is 6.61 Å². The molecule has 0 aliphatic rings. The summed E-state index contributed by atoms with van der Waals surface area (Å²) in [7, 11) is -1.44. The third kappa shape index (κ3) is 5.57. The van der Waals surface area contributed by atoms with E-state index in [0.29, 0.717) is 17.8 Å². The van der Waals surface area contributed by atoms with E-state index in [-0.39, 0.29) is 0 Å². The molecule has 0 bridgehead atoms. The van der Waals surface area contributed by atoms with Gasteiger partial charge in [-0.25, -0.2) is 0 Å². The molecule has 0 spiro atoms. The molecule has 0 aliphatic carbocycles. The predicted molar refractivity (Wildman–Crippen MR) is 70.4 cm³/mol. The van der Waals surface area contributed by atoms with Crippen LogP contribution in [-0.4, -0.2) is 23.8 Å². The summed E-state index contributed by atoms with van der Waals surface area (Å²) in [4.78, 5) is 0. The van der Waals surface area contributed by atoms with E-state index < -0.39 is 7.12 Å². The highest BCUT2D eigenvalue weighted by atomic mass is 16.5. The first kappa shape index (κ1) is 13.8. The Morgan fingerprint density at radius 2 is 2.06 bits per heavy atom. The van der Waals surface area contributed by atoms with Gasteiger partial charge in [-0.1, -0.05) is 18.2 Å². The van der Waals surface area contributed by atoms with E-state index in [4.69, 9.17) is 14.8 Å². The molecule has 4 heteroatoms. The summed E-state index contributed by atoms with van der Waals surface area (Å²) in [6, 6.07) is 6.87. The zero-order chi connectivity index (χ0) is 12.5. The Kier molecular flexibility index (Phi) is 6.44. The molecular weight excluding hydrogens is 215 g/mol. The molecule has 1 aromatic carbocycles. The first-order valence-corrected chi connectivity index (χ1v) is 5.94. The zero-order valence-corrected chi connectivity index (χ0v) is 10.0. The third-order valence-electron chi connectivity index (χ3n) is 2.48. The van der Waals surface area contributed by atoms with Gasteiger partial charge in [-0.05, 0) is 43.3 Å². The van der Waals surface area contributed by atoms with Crippen LogP contribution in [0.2, 0.25) is 0 Å². The van der Waals surface area contributed by atoms with Crippen LogP contribution in [0.3, 0.4) is 0 Å². The number of unbranched alkanes of at least 4 members (excludes halogenated alkanes) is 3. The third-order valence-corrected chi connectivity index (χ3v) is 2.48. The fourth-order valence-electron chi connectivity index (χ4n) is 1.52. The van der Waals surface area contributed by atoms with E-state index in [1.165, 1.54) is 0 Å². The Morgan fingerprint density at radius 3 is 2.76 bits per heavy atom. The highest BCUT2D eigenvalue weighted by Crippen LogP contribution is 2.09. The molecule has 0 radical (unpaired) electrons. The molecule has 0 saturated carbocycles. The first-order valence-electron chi connectivity index (χ1n) is 5.94. The summed E-state index contributed by atoms with van der Waals surface area (Å²) in [5.41, 5.74) is 0.453. The van der Waals surface area contributed by atoms with Crippen molar-refractivity contribution < 1.29 is 14.8 Å². The molecule has 1 rings (SSSR count). The van der Waals surface area contributed by atoms with Crippen molar-refractivity contribution >= 4 is 12.6 Å². The van der Waals surface area contributed by atoms with Gasteiger partial charge >= 0.3 is 7.12 Å². The van der Waals surface area contributed by atoms with Crippen LogP contribution in [0, 0.1) is 0 Å². The fourth-order valence-corrected chi connectivity index (χ4v) is 1.52. The number of allylic oxidation sites excluding steroid dienone is 1. The molecule has 0 fully saturated rings. The van der Waals surface area contributed by atoms with Gasteiger partial charge in [0.15, 0.2) is 0 Å². The summed E-state index contributed by atoms with van der Waals surface area (Å²) in [6.07, 6.45) is 6.23. The quantitative estimate of drug-likeness (QED) is 0.407. The van der Waals surface area contributed by atoms with E-state index in [9.17, 15) is 0 Å². The molecular formula is C13H19BO3. The Labute approximate surface area is 103 Å². The Balaban J connectivity index is 2.26. The van der Waals surface area contributed by atoms with Gasteiger partial charge in [0.2, 0.25) is 0 Å². The highest BCUT2D eigenvalue weighted by molar-refractivity contribution is 6.58. The van der Waals surface area contributed by atoms with Crippen LogP contribution in [0.4, 0.5) is 0 Å². The maximum absolute atomic E-state index is 9.01. The maximum atomic E-state index is 9.01. The molecule has 1 aromatic rings. The van der Waals surface area contributed by atoms with Crippen molar-refractivity contribution in [1.82, 2.24) is 0 Å². The maximum Gasteiger partial charge on any atom is 0.488 e. The number of rotatable bonds is 8. The minimum atomic E-state index is -1.44. The Hall–Kier alpha value is -1.26. The molecule has 0 amide bonds. The lowest BCUT2D eigenvalue weighted by molar-refractivity contribution is 0.305. The molecule has 3 nitrogen and oxygen atoms in total. The summed E-state index contributed by atoms with van der Waals surface area (Å²) >= 11 is 0. The van der Waals surface area contributed by atoms with Crippen LogP contribution >= 0.6 is 0 Å². The molecule has 0 atom stereocenters. The number of hydrogen-bond donors (Lipinski definition) is 2. The molecule has 17 heavy (non-hydrogen) atoms. The van der Waals surface area contributed by atoms with Crippen LogP contribution in [-0.2, 0) is 0 Å².